The van der Waals surface area contributed by atoms with E-state index in [-0.39, 0.29) is 17.8 Å². The van der Waals surface area contributed by atoms with Gasteiger partial charge in [0.2, 0.25) is 0 Å². The van der Waals surface area contributed by atoms with Crippen molar-refractivity contribution >= 4 is 5.57 Å². The van der Waals surface area contributed by atoms with Crippen molar-refractivity contribution in [1.29, 1.82) is 10.5 Å². The molecule has 2 nitrogen and oxygen atoms in total. The van der Waals surface area contributed by atoms with Gasteiger partial charge in [0.25, 0.3) is 0 Å². The Morgan fingerprint density at radius 3 is 1.75 bits per heavy atom. The van der Waals surface area contributed by atoms with E-state index in [2.05, 4.69) is 31.2 Å². The Hall–Kier alpha value is -3.62. The third-order valence-electron chi connectivity index (χ3n) is 5.04. The lowest BCUT2D eigenvalue weighted by atomic mass is 9.74. The number of hydrogen-bond donors (Lipinski definition) is 0. The van der Waals surface area contributed by atoms with Gasteiger partial charge in [-0.25, -0.2) is 0 Å². The minimum absolute atomic E-state index is 0.00196. The molecule has 3 aromatic carbocycles. The smallest absolute Gasteiger partial charge is 0.0994 e. The summed E-state index contributed by atoms with van der Waals surface area (Å²) in [6.45, 7) is 2.09. The molecule has 3 atom stereocenters. The zero-order valence-corrected chi connectivity index (χ0v) is 15.9. The zero-order valence-electron chi connectivity index (χ0n) is 15.9. The molecule has 3 unspecified atom stereocenters. The monoisotopic (exact) mass is 362 g/mol. The van der Waals surface area contributed by atoms with Crippen LogP contribution >= 0.6 is 0 Å². The van der Waals surface area contributed by atoms with Gasteiger partial charge in [-0.2, -0.15) is 10.5 Å². The normalized spacial score (nSPS) is 14.3. The van der Waals surface area contributed by atoms with Gasteiger partial charge in [-0.3, -0.25) is 0 Å². The summed E-state index contributed by atoms with van der Waals surface area (Å²) in [5, 5.41) is 19.7. The van der Waals surface area contributed by atoms with Gasteiger partial charge in [0.1, 0.15) is 0 Å². The predicted molar refractivity (Wildman–Crippen MR) is 113 cm³/mol. The Labute approximate surface area is 167 Å². The highest BCUT2D eigenvalue weighted by molar-refractivity contribution is 5.76. The van der Waals surface area contributed by atoms with Gasteiger partial charge >= 0.3 is 0 Å². The van der Waals surface area contributed by atoms with Crippen molar-refractivity contribution in [2.45, 2.75) is 18.8 Å². The molecule has 0 aliphatic rings. The highest BCUT2D eigenvalue weighted by Gasteiger charge is 2.29. The van der Waals surface area contributed by atoms with Gasteiger partial charge < -0.3 is 0 Å². The molecule has 3 aromatic rings. The molecule has 0 heterocycles. The third-order valence-corrected chi connectivity index (χ3v) is 5.04. The molecule has 0 aromatic heterocycles. The molecule has 0 fully saturated rings. The highest BCUT2D eigenvalue weighted by atomic mass is 14.4. The summed E-state index contributed by atoms with van der Waals surface area (Å²) in [5.74, 6) is -0.353. The van der Waals surface area contributed by atoms with E-state index in [0.717, 1.165) is 16.7 Å². The summed E-state index contributed by atoms with van der Waals surface area (Å²) < 4.78 is 0. The molecular formula is C26H22N2. The van der Waals surface area contributed by atoms with Crippen molar-refractivity contribution in [3.05, 3.63) is 114 Å². The number of allylic oxidation sites excluding steroid dienone is 2. The van der Waals surface area contributed by atoms with Crippen LogP contribution in [0.3, 0.4) is 0 Å². The fourth-order valence-corrected chi connectivity index (χ4v) is 3.68. The van der Waals surface area contributed by atoms with Crippen molar-refractivity contribution in [1.82, 2.24) is 0 Å². The molecule has 0 spiro atoms. The zero-order chi connectivity index (χ0) is 19.8. The first-order valence-electron chi connectivity index (χ1n) is 9.41. The summed E-state index contributed by atoms with van der Waals surface area (Å²) in [5.41, 5.74) is 3.64. The number of hydrogen-bond acceptors (Lipinski definition) is 2. The fraction of sp³-hybridized carbons (Fsp3) is 0.154. The molecule has 0 amide bonds. The second-order valence-electron chi connectivity index (χ2n) is 6.87. The summed E-state index contributed by atoms with van der Waals surface area (Å²) in [7, 11) is 0. The Morgan fingerprint density at radius 2 is 1.25 bits per heavy atom. The van der Waals surface area contributed by atoms with E-state index in [9.17, 15) is 10.5 Å². The van der Waals surface area contributed by atoms with Crippen molar-refractivity contribution in [2.24, 2.45) is 5.92 Å². The van der Waals surface area contributed by atoms with Crippen LogP contribution in [0.2, 0.25) is 0 Å². The van der Waals surface area contributed by atoms with Gasteiger partial charge in [0, 0.05) is 5.92 Å². The molecule has 0 saturated heterocycles. The predicted octanol–water partition coefficient (Wildman–Crippen LogP) is 6.32. The van der Waals surface area contributed by atoms with Crippen LogP contribution in [-0.2, 0) is 0 Å². The van der Waals surface area contributed by atoms with Crippen LogP contribution in [0.5, 0.6) is 0 Å². The summed E-state index contributed by atoms with van der Waals surface area (Å²) >= 11 is 0. The van der Waals surface area contributed by atoms with Gasteiger partial charge in [0.05, 0.1) is 23.6 Å². The number of rotatable bonds is 6. The molecule has 0 radical (unpaired) electrons. The quantitative estimate of drug-likeness (QED) is 0.482. The Morgan fingerprint density at radius 1 is 0.750 bits per heavy atom. The second-order valence-corrected chi connectivity index (χ2v) is 6.87. The Bertz CT molecular complexity index is 993. The van der Waals surface area contributed by atoms with Crippen LogP contribution < -0.4 is 0 Å². The second kappa shape index (κ2) is 9.36. The number of nitriles is 2. The highest BCUT2D eigenvalue weighted by Crippen LogP contribution is 2.39. The Kier molecular flexibility index (Phi) is 6.40. The maximum absolute atomic E-state index is 10.0. The van der Waals surface area contributed by atoms with Crippen molar-refractivity contribution in [3.63, 3.8) is 0 Å². The summed E-state index contributed by atoms with van der Waals surface area (Å²) in [6.07, 6.45) is 2.00. The van der Waals surface area contributed by atoms with Gasteiger partial charge in [0.15, 0.2) is 0 Å². The minimum atomic E-state index is -0.300. The van der Waals surface area contributed by atoms with Crippen molar-refractivity contribution < 1.29 is 0 Å². The molecule has 0 aliphatic heterocycles. The topological polar surface area (TPSA) is 47.6 Å². The Balaban J connectivity index is 2.05. The van der Waals surface area contributed by atoms with Gasteiger partial charge in [-0.05, 0) is 22.6 Å². The standard InChI is InChI=1S/C26H22N2/c1-20(17-24(18-27)21-11-5-2-6-12-21)26(23-15-9-4-10-16-23)25(19-28)22-13-7-3-8-14-22/h2-17,20,25-26H,1H3/b24-17+. The first kappa shape index (κ1) is 19.2. The van der Waals surface area contributed by atoms with Crippen molar-refractivity contribution in [2.75, 3.05) is 0 Å². The van der Waals surface area contributed by atoms with E-state index < -0.39 is 0 Å². The van der Waals surface area contributed by atoms with Crippen LogP contribution in [0.25, 0.3) is 5.57 Å². The molecule has 0 aliphatic carbocycles. The minimum Gasteiger partial charge on any atom is -0.198 e. The van der Waals surface area contributed by atoms with Crippen LogP contribution in [0.1, 0.15) is 35.4 Å². The lowest BCUT2D eigenvalue weighted by Crippen LogP contribution is -2.17. The molecular weight excluding hydrogens is 340 g/mol. The number of nitrogens with zero attached hydrogens (tertiary/aromatic N) is 2. The molecule has 0 bridgehead atoms. The van der Waals surface area contributed by atoms with Gasteiger partial charge in [-0.15, -0.1) is 0 Å². The average Bonchev–Trinajstić information content (AvgIpc) is 2.77. The van der Waals surface area contributed by atoms with Crippen LogP contribution in [0.4, 0.5) is 0 Å². The SMILES string of the molecule is CC(/C=C(\C#N)c1ccccc1)C(c1ccccc1)C(C#N)c1ccccc1. The molecule has 0 saturated carbocycles. The van der Waals surface area contributed by atoms with E-state index in [4.69, 9.17) is 0 Å². The fourth-order valence-electron chi connectivity index (χ4n) is 3.68. The van der Waals surface area contributed by atoms with E-state index in [1.165, 1.54) is 0 Å². The molecule has 0 N–H and O–H groups in total. The maximum atomic E-state index is 10.0. The molecule has 136 valence electrons. The third kappa shape index (κ3) is 4.37. The summed E-state index contributed by atoms with van der Waals surface area (Å²) in [6, 6.07) is 34.5. The lowest BCUT2D eigenvalue weighted by molar-refractivity contribution is 0.508. The van der Waals surface area contributed by atoms with Crippen LogP contribution in [0.15, 0.2) is 97.1 Å². The molecule has 3 rings (SSSR count). The van der Waals surface area contributed by atoms with E-state index in [0.29, 0.717) is 5.57 Å². The van der Waals surface area contributed by atoms with Crippen molar-refractivity contribution in [3.8, 4) is 12.1 Å². The lowest BCUT2D eigenvalue weighted by Gasteiger charge is -2.27. The van der Waals surface area contributed by atoms with Crippen LogP contribution in [-0.4, -0.2) is 0 Å². The largest absolute Gasteiger partial charge is 0.198 e. The van der Waals surface area contributed by atoms with Crippen LogP contribution in [0, 0.1) is 28.6 Å². The average molecular weight is 362 g/mol. The van der Waals surface area contributed by atoms with E-state index >= 15 is 0 Å². The maximum Gasteiger partial charge on any atom is 0.0994 e. The van der Waals surface area contributed by atoms with Gasteiger partial charge in [-0.1, -0.05) is 104 Å². The molecule has 2 heteroatoms. The first-order chi connectivity index (χ1) is 13.7. The summed E-state index contributed by atoms with van der Waals surface area (Å²) in [4.78, 5) is 0. The first-order valence-corrected chi connectivity index (χ1v) is 9.41. The number of benzene rings is 3. The van der Waals surface area contributed by atoms with E-state index in [1.807, 2.05) is 84.9 Å². The molecule has 28 heavy (non-hydrogen) atoms. The van der Waals surface area contributed by atoms with E-state index in [1.54, 1.807) is 0 Å².